The number of pyridine rings is 1. The highest BCUT2D eigenvalue weighted by Crippen LogP contribution is 2.24. The van der Waals surface area contributed by atoms with Gasteiger partial charge in [-0.2, -0.15) is 0 Å². The zero-order valence-corrected chi connectivity index (χ0v) is 11.2. The molecule has 1 aromatic heterocycles. The highest BCUT2D eigenvalue weighted by atomic mass is 35.5. The van der Waals surface area contributed by atoms with Crippen LogP contribution >= 0.6 is 11.6 Å². The molecular weight excluding hydrogens is 250 g/mol. The van der Waals surface area contributed by atoms with Crippen LogP contribution in [0.1, 0.15) is 43.0 Å². The third kappa shape index (κ3) is 3.13. The predicted molar refractivity (Wildman–Crippen MR) is 72.5 cm³/mol. The maximum Gasteiger partial charge on any atom is 0.254 e. The van der Waals surface area contributed by atoms with Crippen molar-refractivity contribution in [2.24, 2.45) is 5.92 Å². The van der Waals surface area contributed by atoms with E-state index < -0.39 is 0 Å². The number of aromatic nitrogens is 1. The number of nitrogen functional groups attached to an aromatic ring is 1. The summed E-state index contributed by atoms with van der Waals surface area (Å²) in [6.07, 6.45) is 5.91. The number of hydrogen-bond donors (Lipinski definition) is 2. The van der Waals surface area contributed by atoms with Crippen molar-refractivity contribution < 1.29 is 4.79 Å². The molecule has 2 rings (SSSR count). The normalized spacial score (nSPS) is 23.7. The summed E-state index contributed by atoms with van der Waals surface area (Å²) in [5, 5.41) is 3.21. The van der Waals surface area contributed by atoms with Crippen molar-refractivity contribution in [1.29, 1.82) is 0 Å². The second-order valence-corrected chi connectivity index (χ2v) is 5.41. The molecule has 2 unspecified atom stereocenters. The number of amides is 1. The minimum absolute atomic E-state index is 0.182. The first-order valence-electron chi connectivity index (χ1n) is 6.28. The Bertz CT molecular complexity index is 450. The largest absolute Gasteiger partial charge is 0.397 e. The van der Waals surface area contributed by atoms with E-state index in [0.717, 1.165) is 19.3 Å². The lowest BCUT2D eigenvalue weighted by Crippen LogP contribution is -2.38. The fraction of sp³-hybridized carbons (Fsp3) is 0.538. The van der Waals surface area contributed by atoms with Gasteiger partial charge in [-0.15, -0.1) is 0 Å². The molecule has 1 aromatic rings. The third-order valence-corrected chi connectivity index (χ3v) is 3.68. The number of carbonyl (C=O) groups is 1. The molecule has 0 aromatic carbocycles. The van der Waals surface area contributed by atoms with Gasteiger partial charge in [0.05, 0.1) is 17.4 Å². The van der Waals surface area contributed by atoms with Gasteiger partial charge in [0.15, 0.2) is 0 Å². The summed E-state index contributed by atoms with van der Waals surface area (Å²) in [6, 6.07) is 1.80. The molecule has 0 spiro atoms. The SMILES string of the molecule is CC1CCCC(NC(=O)c2cc(N)cnc2Cl)C1. The first kappa shape index (κ1) is 13.1. The summed E-state index contributed by atoms with van der Waals surface area (Å²) in [4.78, 5) is 16.0. The molecule has 18 heavy (non-hydrogen) atoms. The molecule has 5 heteroatoms. The van der Waals surface area contributed by atoms with Crippen LogP contribution in [-0.2, 0) is 0 Å². The Hall–Kier alpha value is -1.29. The van der Waals surface area contributed by atoms with Crippen molar-refractivity contribution in [2.75, 3.05) is 5.73 Å². The van der Waals surface area contributed by atoms with Gasteiger partial charge < -0.3 is 11.1 Å². The molecule has 1 amide bonds. The zero-order valence-electron chi connectivity index (χ0n) is 10.4. The average molecular weight is 268 g/mol. The van der Waals surface area contributed by atoms with Gasteiger partial charge in [-0.05, 0) is 24.8 Å². The quantitative estimate of drug-likeness (QED) is 0.810. The van der Waals surface area contributed by atoms with Crippen LogP contribution in [-0.4, -0.2) is 16.9 Å². The third-order valence-electron chi connectivity index (χ3n) is 3.38. The van der Waals surface area contributed by atoms with Crippen LogP contribution < -0.4 is 11.1 Å². The molecule has 0 radical (unpaired) electrons. The average Bonchev–Trinajstić information content (AvgIpc) is 2.32. The first-order chi connectivity index (χ1) is 8.56. The highest BCUT2D eigenvalue weighted by molar-refractivity contribution is 6.32. The van der Waals surface area contributed by atoms with E-state index in [1.165, 1.54) is 12.6 Å². The number of anilines is 1. The Labute approximate surface area is 112 Å². The van der Waals surface area contributed by atoms with Crippen molar-refractivity contribution in [1.82, 2.24) is 10.3 Å². The van der Waals surface area contributed by atoms with Crippen molar-refractivity contribution >= 4 is 23.2 Å². The number of halogens is 1. The topological polar surface area (TPSA) is 68.0 Å². The van der Waals surface area contributed by atoms with Crippen molar-refractivity contribution in [3.05, 3.63) is 23.0 Å². The Kier molecular flexibility index (Phi) is 4.07. The fourth-order valence-corrected chi connectivity index (χ4v) is 2.64. The Morgan fingerprint density at radius 2 is 2.33 bits per heavy atom. The maximum atomic E-state index is 12.1. The molecule has 1 aliphatic rings. The van der Waals surface area contributed by atoms with Crippen LogP contribution in [0.4, 0.5) is 5.69 Å². The summed E-state index contributed by atoms with van der Waals surface area (Å²) < 4.78 is 0. The van der Waals surface area contributed by atoms with Gasteiger partial charge in [-0.1, -0.05) is 31.4 Å². The molecule has 4 nitrogen and oxygen atoms in total. The van der Waals surface area contributed by atoms with Crippen LogP contribution in [0.15, 0.2) is 12.3 Å². The Morgan fingerprint density at radius 3 is 3.06 bits per heavy atom. The van der Waals surface area contributed by atoms with Crippen LogP contribution in [0.3, 0.4) is 0 Å². The maximum absolute atomic E-state index is 12.1. The standard InChI is InChI=1S/C13H18ClN3O/c1-8-3-2-4-10(5-8)17-13(18)11-6-9(15)7-16-12(11)14/h6-8,10H,2-5,15H2,1H3,(H,17,18). The van der Waals surface area contributed by atoms with Crippen LogP contribution in [0.2, 0.25) is 5.15 Å². The molecule has 3 N–H and O–H groups in total. The van der Waals surface area contributed by atoms with E-state index in [2.05, 4.69) is 17.2 Å². The molecule has 1 aliphatic carbocycles. The van der Waals surface area contributed by atoms with E-state index in [1.807, 2.05) is 0 Å². The minimum atomic E-state index is -0.182. The van der Waals surface area contributed by atoms with E-state index in [9.17, 15) is 4.79 Å². The van der Waals surface area contributed by atoms with E-state index in [1.54, 1.807) is 6.07 Å². The van der Waals surface area contributed by atoms with E-state index in [-0.39, 0.29) is 17.1 Å². The smallest absolute Gasteiger partial charge is 0.254 e. The number of nitrogens with two attached hydrogens (primary N) is 1. The molecule has 1 heterocycles. The van der Waals surface area contributed by atoms with Crippen LogP contribution in [0, 0.1) is 5.92 Å². The van der Waals surface area contributed by atoms with E-state index in [0.29, 0.717) is 17.2 Å². The van der Waals surface area contributed by atoms with Gasteiger partial charge >= 0.3 is 0 Å². The van der Waals surface area contributed by atoms with Crippen LogP contribution in [0.25, 0.3) is 0 Å². The summed E-state index contributed by atoms with van der Waals surface area (Å²) >= 11 is 5.91. The van der Waals surface area contributed by atoms with Gasteiger partial charge in [-0.25, -0.2) is 4.98 Å². The lowest BCUT2D eigenvalue weighted by atomic mass is 9.87. The molecule has 0 saturated heterocycles. The van der Waals surface area contributed by atoms with Gasteiger partial charge in [0.2, 0.25) is 0 Å². The first-order valence-corrected chi connectivity index (χ1v) is 6.66. The summed E-state index contributed by atoms with van der Waals surface area (Å²) in [5.74, 6) is 0.484. The number of nitrogens with zero attached hydrogens (tertiary/aromatic N) is 1. The van der Waals surface area contributed by atoms with Gasteiger partial charge in [0, 0.05) is 6.04 Å². The summed E-state index contributed by atoms with van der Waals surface area (Å²) in [7, 11) is 0. The number of hydrogen-bond acceptors (Lipinski definition) is 3. The van der Waals surface area contributed by atoms with Crippen molar-refractivity contribution in [3.63, 3.8) is 0 Å². The van der Waals surface area contributed by atoms with Gasteiger partial charge in [0.25, 0.3) is 5.91 Å². The monoisotopic (exact) mass is 267 g/mol. The van der Waals surface area contributed by atoms with Crippen molar-refractivity contribution in [3.8, 4) is 0 Å². The molecule has 1 saturated carbocycles. The number of nitrogens with one attached hydrogen (secondary N) is 1. The molecular formula is C13H18ClN3O. The van der Waals surface area contributed by atoms with E-state index in [4.69, 9.17) is 17.3 Å². The second kappa shape index (κ2) is 5.57. The lowest BCUT2D eigenvalue weighted by molar-refractivity contribution is 0.0921. The highest BCUT2D eigenvalue weighted by Gasteiger charge is 2.22. The molecule has 0 bridgehead atoms. The predicted octanol–water partition coefficient (Wildman–Crippen LogP) is 2.63. The Morgan fingerprint density at radius 1 is 1.56 bits per heavy atom. The molecule has 2 atom stereocenters. The molecule has 1 fully saturated rings. The molecule has 0 aliphatic heterocycles. The zero-order chi connectivity index (χ0) is 13.1. The van der Waals surface area contributed by atoms with Crippen LogP contribution in [0.5, 0.6) is 0 Å². The number of rotatable bonds is 2. The lowest BCUT2D eigenvalue weighted by Gasteiger charge is -2.27. The second-order valence-electron chi connectivity index (χ2n) is 5.05. The summed E-state index contributed by atoms with van der Waals surface area (Å²) in [5.41, 5.74) is 6.42. The Balaban J connectivity index is 2.05. The van der Waals surface area contributed by atoms with Gasteiger partial charge in [0.1, 0.15) is 5.15 Å². The van der Waals surface area contributed by atoms with Crippen molar-refractivity contribution in [2.45, 2.75) is 38.6 Å². The minimum Gasteiger partial charge on any atom is -0.397 e. The summed E-state index contributed by atoms with van der Waals surface area (Å²) in [6.45, 7) is 2.22. The molecule has 98 valence electrons. The van der Waals surface area contributed by atoms with E-state index >= 15 is 0 Å². The van der Waals surface area contributed by atoms with Gasteiger partial charge in [-0.3, -0.25) is 4.79 Å². The fourth-order valence-electron chi connectivity index (χ4n) is 2.45. The number of carbonyl (C=O) groups excluding carboxylic acids is 1.